The molecule has 0 saturated heterocycles. The Morgan fingerprint density at radius 2 is 0.753 bits per heavy atom. The summed E-state index contributed by atoms with van der Waals surface area (Å²) in [7, 11) is 1.17. The normalized spacial score (nSPS) is 13.9. The van der Waals surface area contributed by atoms with Crippen LogP contribution in [0.15, 0.2) is 72.9 Å². The molecule has 0 aromatic rings. The van der Waals surface area contributed by atoms with Crippen LogP contribution in [-0.4, -0.2) is 69.4 Å². The molecule has 0 radical (unpaired) electrons. The Labute approximate surface area is 527 Å². The number of hydrogen-bond acceptors (Lipinski definition) is 7. The molecule has 1 amide bonds. The average Bonchev–Trinajstić information content (AvgIpc) is 3.50. The zero-order valence-electron chi connectivity index (χ0n) is 56.8. The van der Waals surface area contributed by atoms with Crippen LogP contribution in [0.5, 0.6) is 0 Å². The Hall–Kier alpha value is -2.55. The summed E-state index contributed by atoms with van der Waals surface area (Å²) in [5.74, 6) is -0.566. The fourth-order valence-electron chi connectivity index (χ4n) is 10.6. The van der Waals surface area contributed by atoms with Crippen molar-refractivity contribution in [1.29, 1.82) is 0 Å². The van der Waals surface area contributed by atoms with Crippen molar-refractivity contribution in [1.82, 2.24) is 5.32 Å². The van der Waals surface area contributed by atoms with Crippen molar-refractivity contribution < 1.29 is 37.3 Å². The number of rotatable bonds is 66. The highest BCUT2D eigenvalue weighted by atomic mass is 31.2. The minimum Gasteiger partial charge on any atom is -0.756 e. The van der Waals surface area contributed by atoms with Crippen LogP contribution in [0.4, 0.5) is 0 Å². The van der Waals surface area contributed by atoms with Crippen LogP contribution in [0.3, 0.4) is 0 Å². The van der Waals surface area contributed by atoms with Gasteiger partial charge in [0.1, 0.15) is 19.3 Å². The smallest absolute Gasteiger partial charge is 0.306 e. The number of hydrogen-bond donors (Lipinski definition) is 1. The Bertz CT molecular complexity index is 1680. The van der Waals surface area contributed by atoms with Gasteiger partial charge in [-0.15, -0.1) is 0 Å². The van der Waals surface area contributed by atoms with Gasteiger partial charge in [-0.25, -0.2) is 0 Å². The van der Waals surface area contributed by atoms with Crippen LogP contribution < -0.4 is 10.2 Å². The van der Waals surface area contributed by atoms with Crippen molar-refractivity contribution in [3.05, 3.63) is 72.9 Å². The molecular weight excluding hydrogens is 1070 g/mol. The van der Waals surface area contributed by atoms with Crippen molar-refractivity contribution in [3.8, 4) is 0 Å². The molecular formula is C75H139N2O7P. The summed E-state index contributed by atoms with van der Waals surface area (Å²) in [6, 6.07) is -0.904. The molecule has 0 aliphatic carbocycles. The fourth-order valence-corrected chi connectivity index (χ4v) is 11.3. The monoisotopic (exact) mass is 1210 g/mol. The molecule has 0 rings (SSSR count). The number of quaternary nitrogens is 1. The molecule has 0 fully saturated rings. The lowest BCUT2D eigenvalue weighted by Gasteiger charge is -2.30. The van der Waals surface area contributed by atoms with Gasteiger partial charge in [0, 0.05) is 12.8 Å². The Morgan fingerprint density at radius 3 is 1.14 bits per heavy atom. The number of nitrogens with zero attached hydrogens (tertiary/aromatic N) is 1. The molecule has 0 aromatic heterocycles. The zero-order chi connectivity index (χ0) is 62.1. The predicted octanol–water partition coefficient (Wildman–Crippen LogP) is 22.5. The third-order valence-corrected chi connectivity index (χ3v) is 17.1. The Kier molecular flexibility index (Phi) is 62.5. The first kappa shape index (κ1) is 82.5. The van der Waals surface area contributed by atoms with E-state index in [1.807, 2.05) is 33.3 Å². The topological polar surface area (TPSA) is 114 Å². The zero-order valence-corrected chi connectivity index (χ0v) is 57.7. The third-order valence-electron chi connectivity index (χ3n) is 16.2. The first-order valence-corrected chi connectivity index (χ1v) is 37.7. The summed E-state index contributed by atoms with van der Waals surface area (Å²) >= 11 is 0. The minimum absolute atomic E-state index is 0.0285. The van der Waals surface area contributed by atoms with Gasteiger partial charge < -0.3 is 28.5 Å². The molecule has 85 heavy (non-hydrogen) atoms. The summed E-state index contributed by atoms with van der Waals surface area (Å²) in [6.45, 7) is 6.75. The molecule has 0 spiro atoms. The molecule has 496 valence electrons. The van der Waals surface area contributed by atoms with E-state index in [1.165, 1.54) is 212 Å². The van der Waals surface area contributed by atoms with Crippen LogP contribution >= 0.6 is 7.82 Å². The molecule has 3 atom stereocenters. The molecule has 0 saturated carbocycles. The number of carbonyl (C=O) groups excluding carboxylic acids is 2. The minimum atomic E-state index is -4.71. The first-order valence-electron chi connectivity index (χ1n) is 36.2. The summed E-state index contributed by atoms with van der Waals surface area (Å²) in [6.07, 6.45) is 84.7. The van der Waals surface area contributed by atoms with E-state index in [4.69, 9.17) is 13.8 Å². The molecule has 1 N–H and O–H groups in total. The number of unbranched alkanes of at least 4 members (excludes halogenated alkanes) is 40. The van der Waals surface area contributed by atoms with Crippen molar-refractivity contribution in [2.45, 2.75) is 354 Å². The van der Waals surface area contributed by atoms with E-state index >= 15 is 0 Å². The van der Waals surface area contributed by atoms with Gasteiger partial charge in [0.25, 0.3) is 7.82 Å². The maximum atomic E-state index is 13.6. The molecule has 9 nitrogen and oxygen atoms in total. The van der Waals surface area contributed by atoms with Gasteiger partial charge in [-0.3, -0.25) is 14.2 Å². The van der Waals surface area contributed by atoms with E-state index in [9.17, 15) is 19.0 Å². The number of nitrogens with one attached hydrogen (secondary N) is 1. The number of likely N-dealkylation sites (N-methyl/N-ethyl adjacent to an activating group) is 1. The van der Waals surface area contributed by atoms with Crippen LogP contribution in [0.2, 0.25) is 0 Å². The van der Waals surface area contributed by atoms with Crippen molar-refractivity contribution in [2.75, 3.05) is 40.9 Å². The number of phosphoric ester groups is 1. The summed E-state index contributed by atoms with van der Waals surface area (Å²) in [5.41, 5.74) is 0. The van der Waals surface area contributed by atoms with Gasteiger partial charge in [-0.2, -0.15) is 0 Å². The second-order valence-corrected chi connectivity index (χ2v) is 27.1. The van der Waals surface area contributed by atoms with E-state index in [0.717, 1.165) is 89.9 Å². The molecule has 0 heterocycles. The standard InChI is InChI=1S/C75H139N2O7P/c1-7-10-13-16-19-22-25-28-30-32-34-35-36-37-38-39-40-41-43-44-46-49-52-55-58-61-64-67-74(78)76-72(71-83-85(80,81)82-70-69-77(4,5)6)73(66-63-60-57-54-51-48-27-24-21-18-15-12-9-3)84-75(79)68-65-62-59-56-53-50-47-45-42-33-31-29-26-23-20-17-14-11-8-2/h11,14,20,23,29,31,42,45,50,53,63,66,72-73H,7-10,12-13,15-19,21-22,24-28,30,32-41,43-44,46-49,51-52,54-62,64-65,67-71H2,1-6H3,(H-,76,78,80,81)/b14-11-,23-20-,31-29-,45-42-,53-50-,66-63-. The van der Waals surface area contributed by atoms with E-state index < -0.39 is 26.6 Å². The second kappa shape index (κ2) is 64.4. The second-order valence-electron chi connectivity index (χ2n) is 25.7. The fraction of sp³-hybridized carbons (Fsp3) is 0.813. The van der Waals surface area contributed by atoms with Gasteiger partial charge in [0.15, 0.2) is 0 Å². The SMILES string of the molecule is CC/C=C\C/C=C\C/C=C\C/C=C\C/C=C\CCCCCC(=O)OC(/C=C\CCCCCCCCCCCCC)C(COP(=O)([O-])OCC[N+](C)(C)C)NC(=O)CCCCCCCCCCCCCCCCCCCCCCCCCCCCC. The van der Waals surface area contributed by atoms with Gasteiger partial charge in [-0.1, -0.05) is 325 Å². The van der Waals surface area contributed by atoms with Crippen molar-refractivity contribution >= 4 is 19.7 Å². The van der Waals surface area contributed by atoms with Gasteiger partial charge in [-0.05, 0) is 76.7 Å². The number of amides is 1. The summed E-state index contributed by atoms with van der Waals surface area (Å²) in [5, 5.41) is 3.04. The predicted molar refractivity (Wildman–Crippen MR) is 367 cm³/mol. The summed E-state index contributed by atoms with van der Waals surface area (Å²) < 4.78 is 30.4. The average molecular weight is 1210 g/mol. The lowest BCUT2D eigenvalue weighted by atomic mass is 10.0. The van der Waals surface area contributed by atoms with Crippen LogP contribution in [0, 0.1) is 0 Å². The number of esters is 1. The van der Waals surface area contributed by atoms with E-state index in [-0.39, 0.29) is 24.9 Å². The van der Waals surface area contributed by atoms with Crippen molar-refractivity contribution in [3.63, 3.8) is 0 Å². The number of allylic oxidation sites excluding steroid dienone is 11. The molecule has 0 aromatic carbocycles. The molecule has 10 heteroatoms. The van der Waals surface area contributed by atoms with E-state index in [0.29, 0.717) is 23.9 Å². The molecule has 3 unspecified atom stereocenters. The highest BCUT2D eigenvalue weighted by Gasteiger charge is 2.27. The van der Waals surface area contributed by atoms with Gasteiger partial charge in [0.05, 0.1) is 33.8 Å². The van der Waals surface area contributed by atoms with Crippen molar-refractivity contribution in [2.24, 2.45) is 0 Å². The maximum Gasteiger partial charge on any atom is 0.306 e. The van der Waals surface area contributed by atoms with Gasteiger partial charge >= 0.3 is 5.97 Å². The Morgan fingerprint density at radius 1 is 0.424 bits per heavy atom. The highest BCUT2D eigenvalue weighted by Crippen LogP contribution is 2.38. The maximum absolute atomic E-state index is 13.6. The lowest BCUT2D eigenvalue weighted by Crippen LogP contribution is -2.47. The van der Waals surface area contributed by atoms with Crippen LogP contribution in [0.1, 0.15) is 342 Å². The molecule has 0 aliphatic rings. The number of phosphoric acid groups is 1. The third kappa shape index (κ3) is 65.7. The molecule has 0 bridgehead atoms. The molecule has 0 aliphatic heterocycles. The highest BCUT2D eigenvalue weighted by molar-refractivity contribution is 7.45. The quantitative estimate of drug-likeness (QED) is 0.0212. The Balaban J connectivity index is 5.06. The summed E-state index contributed by atoms with van der Waals surface area (Å²) in [4.78, 5) is 40.2. The van der Waals surface area contributed by atoms with Crippen LogP contribution in [0.25, 0.3) is 0 Å². The van der Waals surface area contributed by atoms with E-state index in [2.05, 4.69) is 86.8 Å². The first-order chi connectivity index (χ1) is 41.4. The largest absolute Gasteiger partial charge is 0.756 e. The van der Waals surface area contributed by atoms with E-state index in [1.54, 1.807) is 0 Å². The van der Waals surface area contributed by atoms with Gasteiger partial charge in [0.2, 0.25) is 5.91 Å². The number of carbonyl (C=O) groups is 2. The lowest BCUT2D eigenvalue weighted by molar-refractivity contribution is -0.870. The van der Waals surface area contributed by atoms with Crippen LogP contribution in [-0.2, 0) is 27.9 Å². The number of ether oxygens (including phenoxy) is 1.